The third kappa shape index (κ3) is 4.97. The Kier molecular flexibility index (Phi) is 7.87. The van der Waals surface area contributed by atoms with Gasteiger partial charge in [0.25, 0.3) is 0 Å². The lowest BCUT2D eigenvalue weighted by atomic mass is 9.95. The second-order valence-electron chi connectivity index (χ2n) is 5.51. The summed E-state index contributed by atoms with van der Waals surface area (Å²) >= 11 is 0. The van der Waals surface area contributed by atoms with Gasteiger partial charge < -0.3 is 4.98 Å². The number of hydrogen-bond acceptors (Lipinski definition) is 2. The molecular weight excluding hydrogens is 324 g/mol. The summed E-state index contributed by atoms with van der Waals surface area (Å²) in [6, 6.07) is 7.44. The third-order valence-corrected chi connectivity index (χ3v) is 4.05. The van der Waals surface area contributed by atoms with Crippen molar-refractivity contribution in [2.24, 2.45) is 0 Å². The normalized spacial score (nSPS) is 18.3. The lowest BCUT2D eigenvalue weighted by molar-refractivity contribution is 0.137. The summed E-state index contributed by atoms with van der Waals surface area (Å²) < 4.78 is 13.0. The van der Waals surface area contributed by atoms with E-state index in [9.17, 15) is 4.39 Å². The van der Waals surface area contributed by atoms with Crippen molar-refractivity contribution in [1.82, 2.24) is 14.9 Å². The highest BCUT2D eigenvalue weighted by Gasteiger charge is 2.23. The van der Waals surface area contributed by atoms with Gasteiger partial charge in [-0.2, -0.15) is 0 Å². The second kappa shape index (κ2) is 9.13. The summed E-state index contributed by atoms with van der Waals surface area (Å²) in [5.41, 5.74) is 2.31. The number of H-pyrrole nitrogens is 1. The number of likely N-dealkylation sites (tertiary alicyclic amines) is 1. The van der Waals surface area contributed by atoms with E-state index in [-0.39, 0.29) is 30.6 Å². The molecule has 0 saturated carbocycles. The summed E-state index contributed by atoms with van der Waals surface area (Å²) in [4.78, 5) is 9.83. The fourth-order valence-electron chi connectivity index (χ4n) is 2.98. The number of hydrogen-bond donors (Lipinski definition) is 1. The Balaban J connectivity index is 0.00000121. The van der Waals surface area contributed by atoms with Gasteiger partial charge in [0.2, 0.25) is 0 Å². The Morgan fingerprint density at radius 2 is 1.95 bits per heavy atom. The largest absolute Gasteiger partial charge is 0.351 e. The van der Waals surface area contributed by atoms with Crippen LogP contribution in [0.4, 0.5) is 4.39 Å². The van der Waals surface area contributed by atoms with Crippen molar-refractivity contribution in [3.8, 4) is 0 Å². The second-order valence-corrected chi connectivity index (χ2v) is 5.51. The van der Waals surface area contributed by atoms with E-state index < -0.39 is 0 Å². The average Bonchev–Trinajstić information content (AvgIpc) is 2.96. The Morgan fingerprint density at radius 3 is 2.64 bits per heavy atom. The fraction of sp³-hybridized carbons (Fsp3) is 0.438. The summed E-state index contributed by atoms with van der Waals surface area (Å²) in [5, 5.41) is 0. The molecule has 22 heavy (non-hydrogen) atoms. The van der Waals surface area contributed by atoms with E-state index in [1.807, 2.05) is 18.3 Å². The van der Waals surface area contributed by atoms with Crippen LogP contribution in [-0.2, 0) is 13.0 Å². The van der Waals surface area contributed by atoms with Crippen LogP contribution in [0.1, 0.15) is 30.5 Å². The zero-order valence-corrected chi connectivity index (χ0v) is 14.0. The highest BCUT2D eigenvalue weighted by molar-refractivity contribution is 5.85. The molecule has 1 aliphatic rings. The molecule has 0 radical (unpaired) electrons. The molecule has 0 aliphatic carbocycles. The molecule has 0 bridgehead atoms. The van der Waals surface area contributed by atoms with Crippen molar-refractivity contribution < 1.29 is 4.39 Å². The van der Waals surface area contributed by atoms with E-state index in [2.05, 4.69) is 14.9 Å². The minimum atomic E-state index is -0.161. The molecule has 1 aliphatic heterocycles. The lowest BCUT2D eigenvalue weighted by Gasteiger charge is -2.35. The van der Waals surface area contributed by atoms with Crippen LogP contribution >= 0.6 is 24.8 Å². The van der Waals surface area contributed by atoms with Gasteiger partial charge in [-0.05, 0) is 43.5 Å². The number of imidazole rings is 1. The number of nitrogens with one attached hydrogen (secondary N) is 1. The lowest BCUT2D eigenvalue weighted by Crippen LogP contribution is -2.40. The molecule has 2 aromatic rings. The first-order valence-corrected chi connectivity index (χ1v) is 7.27. The van der Waals surface area contributed by atoms with Crippen LogP contribution in [-0.4, -0.2) is 27.5 Å². The molecule has 1 aromatic carbocycles. The number of aromatic nitrogens is 2. The molecule has 3 nitrogen and oxygen atoms in total. The monoisotopic (exact) mass is 345 g/mol. The molecule has 0 amide bonds. The van der Waals surface area contributed by atoms with Crippen LogP contribution < -0.4 is 0 Å². The van der Waals surface area contributed by atoms with E-state index in [4.69, 9.17) is 0 Å². The van der Waals surface area contributed by atoms with Crippen LogP contribution in [0.2, 0.25) is 0 Å². The van der Waals surface area contributed by atoms with E-state index in [0.717, 1.165) is 25.2 Å². The number of rotatable bonds is 4. The van der Waals surface area contributed by atoms with Gasteiger partial charge >= 0.3 is 0 Å². The summed E-state index contributed by atoms with van der Waals surface area (Å²) in [7, 11) is 0. The molecule has 3 rings (SSSR count). The highest BCUT2D eigenvalue weighted by atomic mass is 35.5. The molecular formula is C16H22Cl2FN3. The maximum Gasteiger partial charge on any atom is 0.123 e. The number of aromatic amines is 1. The summed E-state index contributed by atoms with van der Waals surface area (Å²) in [6.07, 6.45) is 8.43. The van der Waals surface area contributed by atoms with Crippen molar-refractivity contribution in [1.29, 1.82) is 0 Å². The van der Waals surface area contributed by atoms with E-state index in [1.54, 1.807) is 18.5 Å². The Labute approximate surface area is 143 Å². The molecule has 122 valence electrons. The molecule has 2 heterocycles. The van der Waals surface area contributed by atoms with Gasteiger partial charge in [0.05, 0.1) is 12.0 Å². The molecule has 1 saturated heterocycles. The minimum absolute atomic E-state index is 0. The minimum Gasteiger partial charge on any atom is -0.351 e. The predicted molar refractivity (Wildman–Crippen MR) is 91.2 cm³/mol. The first-order chi connectivity index (χ1) is 9.81. The number of nitrogens with zero attached hydrogens (tertiary/aromatic N) is 2. The maximum absolute atomic E-state index is 13.0. The van der Waals surface area contributed by atoms with Crippen LogP contribution in [0.25, 0.3) is 0 Å². The molecule has 6 heteroatoms. The SMILES string of the molecule is Cl.Cl.Fc1ccc(CC2CCCCN2Cc2c[nH]cn2)cc1. The van der Waals surface area contributed by atoms with Crippen molar-refractivity contribution in [3.05, 3.63) is 53.9 Å². The predicted octanol–water partition coefficient (Wildman–Crippen LogP) is 3.99. The zero-order chi connectivity index (χ0) is 13.8. The van der Waals surface area contributed by atoms with Crippen LogP contribution in [0.3, 0.4) is 0 Å². The molecule has 1 aromatic heterocycles. The average molecular weight is 346 g/mol. The first kappa shape index (κ1) is 18.9. The van der Waals surface area contributed by atoms with Crippen molar-refractivity contribution in [2.45, 2.75) is 38.3 Å². The first-order valence-electron chi connectivity index (χ1n) is 7.27. The standard InChI is InChI=1S/C16H20FN3.2ClH/c17-14-6-4-13(5-7-14)9-16-3-1-2-8-20(16)11-15-10-18-12-19-15;;/h4-7,10,12,16H,1-3,8-9,11H2,(H,18,19);2*1H. The molecule has 1 N–H and O–H groups in total. The van der Waals surface area contributed by atoms with Gasteiger partial charge in [0.1, 0.15) is 5.82 Å². The topological polar surface area (TPSA) is 31.9 Å². The van der Waals surface area contributed by atoms with Crippen LogP contribution in [0.5, 0.6) is 0 Å². The van der Waals surface area contributed by atoms with Gasteiger partial charge in [0.15, 0.2) is 0 Å². The zero-order valence-electron chi connectivity index (χ0n) is 12.4. The number of benzene rings is 1. The van der Waals surface area contributed by atoms with Gasteiger partial charge in [-0.1, -0.05) is 18.6 Å². The van der Waals surface area contributed by atoms with Crippen molar-refractivity contribution in [3.63, 3.8) is 0 Å². The third-order valence-electron chi connectivity index (χ3n) is 4.05. The number of piperidine rings is 1. The van der Waals surface area contributed by atoms with Crippen LogP contribution in [0, 0.1) is 5.82 Å². The summed E-state index contributed by atoms with van der Waals surface area (Å²) in [6.45, 7) is 2.02. The molecule has 1 fully saturated rings. The Hall–Kier alpha value is -1.10. The van der Waals surface area contributed by atoms with E-state index >= 15 is 0 Å². The smallest absolute Gasteiger partial charge is 0.123 e. The Morgan fingerprint density at radius 1 is 1.18 bits per heavy atom. The van der Waals surface area contributed by atoms with Crippen molar-refractivity contribution >= 4 is 24.8 Å². The molecule has 0 spiro atoms. The van der Waals surface area contributed by atoms with Gasteiger partial charge in [-0.25, -0.2) is 9.37 Å². The van der Waals surface area contributed by atoms with Gasteiger partial charge in [0, 0.05) is 18.8 Å². The molecule has 1 atom stereocenters. The van der Waals surface area contributed by atoms with E-state index in [0.29, 0.717) is 6.04 Å². The Bertz CT molecular complexity index is 531. The number of halogens is 3. The molecule has 1 unspecified atom stereocenters. The van der Waals surface area contributed by atoms with Crippen LogP contribution in [0.15, 0.2) is 36.8 Å². The van der Waals surface area contributed by atoms with Crippen molar-refractivity contribution in [2.75, 3.05) is 6.54 Å². The van der Waals surface area contributed by atoms with Gasteiger partial charge in [-0.3, -0.25) is 4.90 Å². The summed E-state index contributed by atoms with van der Waals surface area (Å²) in [5.74, 6) is -0.161. The van der Waals surface area contributed by atoms with Gasteiger partial charge in [-0.15, -0.1) is 24.8 Å². The fourth-order valence-corrected chi connectivity index (χ4v) is 2.98. The highest BCUT2D eigenvalue weighted by Crippen LogP contribution is 2.22. The van der Waals surface area contributed by atoms with E-state index in [1.165, 1.54) is 24.8 Å². The quantitative estimate of drug-likeness (QED) is 0.908. The maximum atomic E-state index is 13.0.